The second-order valence-corrected chi connectivity index (χ2v) is 3.93. The smallest absolute Gasteiger partial charge is 0.257 e. The third-order valence-electron chi connectivity index (χ3n) is 2.69. The number of nitrogens with zero attached hydrogens (tertiary/aromatic N) is 1. The van der Waals surface area contributed by atoms with Crippen LogP contribution < -0.4 is 10.2 Å². The van der Waals surface area contributed by atoms with E-state index in [1.54, 1.807) is 25.2 Å². The second kappa shape index (κ2) is 4.29. The zero-order valence-electron chi connectivity index (χ0n) is 9.15. The first-order chi connectivity index (χ1) is 7.99. The predicted molar refractivity (Wildman–Crippen MR) is 59.3 cm³/mol. The van der Waals surface area contributed by atoms with Crippen LogP contribution in [0.25, 0.3) is 0 Å². The van der Waals surface area contributed by atoms with Crippen LogP contribution in [0.3, 0.4) is 0 Å². The number of hydrogen-bond acceptors (Lipinski definition) is 3. The van der Waals surface area contributed by atoms with Crippen LogP contribution in [0.4, 0.5) is 20.2 Å². The predicted octanol–water partition coefficient (Wildman–Crippen LogP) is 1.37. The third kappa shape index (κ3) is 2.21. The second-order valence-electron chi connectivity index (χ2n) is 3.93. The van der Waals surface area contributed by atoms with Gasteiger partial charge in [0.2, 0.25) is 0 Å². The van der Waals surface area contributed by atoms with Crippen molar-refractivity contribution >= 4 is 17.3 Å². The number of aliphatic hydroxyl groups is 1. The number of hydrogen-bond donors (Lipinski definition) is 2. The molecule has 1 aliphatic heterocycles. The average Bonchev–Trinajstić information content (AvgIpc) is 2.53. The standard InChI is InChI=1S/C11H12F2N2O2/c1-15(5-9(12)13)6-2-3-7-8(4-6)14-11(17)10(7)16/h2-4,9-10,16H,5H2,1H3,(H,14,17). The minimum Gasteiger partial charge on any atom is -0.378 e. The molecule has 0 aliphatic carbocycles. The summed E-state index contributed by atoms with van der Waals surface area (Å²) < 4.78 is 24.4. The molecule has 1 atom stereocenters. The Morgan fingerprint density at radius 1 is 1.53 bits per heavy atom. The Labute approximate surface area is 96.8 Å². The number of benzene rings is 1. The van der Waals surface area contributed by atoms with Gasteiger partial charge in [-0.15, -0.1) is 0 Å². The molecule has 0 saturated heterocycles. The number of amides is 1. The topological polar surface area (TPSA) is 52.6 Å². The summed E-state index contributed by atoms with van der Waals surface area (Å²) >= 11 is 0. The summed E-state index contributed by atoms with van der Waals surface area (Å²) in [6.45, 7) is -0.380. The van der Waals surface area contributed by atoms with Crippen LogP contribution in [0.1, 0.15) is 11.7 Å². The van der Waals surface area contributed by atoms with Gasteiger partial charge in [0.25, 0.3) is 12.3 Å². The van der Waals surface area contributed by atoms with Crippen LogP contribution in [0, 0.1) is 0 Å². The molecule has 2 N–H and O–H groups in total. The number of anilines is 2. The van der Waals surface area contributed by atoms with Crippen molar-refractivity contribution < 1.29 is 18.7 Å². The molecule has 17 heavy (non-hydrogen) atoms. The first-order valence-electron chi connectivity index (χ1n) is 5.11. The number of fused-ring (bicyclic) bond motifs is 1. The van der Waals surface area contributed by atoms with Gasteiger partial charge in [-0.25, -0.2) is 8.78 Å². The Bertz CT molecular complexity index is 451. The molecular weight excluding hydrogens is 230 g/mol. The van der Waals surface area contributed by atoms with Gasteiger partial charge in [0.1, 0.15) is 0 Å². The van der Waals surface area contributed by atoms with Crippen molar-refractivity contribution in [1.29, 1.82) is 0 Å². The monoisotopic (exact) mass is 242 g/mol. The zero-order chi connectivity index (χ0) is 12.6. The lowest BCUT2D eigenvalue weighted by atomic mass is 10.1. The van der Waals surface area contributed by atoms with Gasteiger partial charge in [-0.2, -0.15) is 0 Å². The van der Waals surface area contributed by atoms with E-state index in [9.17, 15) is 18.7 Å². The minimum atomic E-state index is -2.42. The molecule has 0 spiro atoms. The molecule has 0 saturated carbocycles. The fourth-order valence-electron chi connectivity index (χ4n) is 1.78. The Kier molecular flexibility index (Phi) is 2.97. The summed E-state index contributed by atoms with van der Waals surface area (Å²) in [6, 6.07) is 4.74. The maximum absolute atomic E-state index is 12.2. The molecule has 1 amide bonds. The van der Waals surface area contributed by atoms with Crippen molar-refractivity contribution in [3.8, 4) is 0 Å². The summed E-state index contributed by atoms with van der Waals surface area (Å²) in [5.74, 6) is -0.492. The van der Waals surface area contributed by atoms with Crippen LogP contribution in [0.2, 0.25) is 0 Å². The lowest BCUT2D eigenvalue weighted by Gasteiger charge is -2.19. The number of nitrogens with one attached hydrogen (secondary N) is 1. The minimum absolute atomic E-state index is 0.380. The SMILES string of the molecule is CN(CC(F)F)c1ccc2c(c1)NC(=O)C2O. The van der Waals surface area contributed by atoms with Crippen molar-refractivity contribution in [2.45, 2.75) is 12.5 Å². The molecule has 92 valence electrons. The van der Waals surface area contributed by atoms with Gasteiger partial charge in [0.05, 0.1) is 6.54 Å². The molecule has 1 aliphatic rings. The van der Waals surface area contributed by atoms with E-state index in [0.29, 0.717) is 16.9 Å². The molecule has 0 fully saturated rings. The van der Waals surface area contributed by atoms with Crippen LogP contribution in [-0.2, 0) is 4.79 Å². The highest BCUT2D eigenvalue weighted by Crippen LogP contribution is 2.33. The number of halogens is 2. The fourth-order valence-corrected chi connectivity index (χ4v) is 1.78. The first kappa shape index (κ1) is 11.8. The molecular formula is C11H12F2N2O2. The van der Waals surface area contributed by atoms with E-state index < -0.39 is 18.4 Å². The normalized spacial score (nSPS) is 18.2. The molecule has 1 unspecified atom stereocenters. The highest BCUT2D eigenvalue weighted by atomic mass is 19.3. The van der Waals surface area contributed by atoms with Gasteiger partial charge in [-0.3, -0.25) is 4.79 Å². The van der Waals surface area contributed by atoms with Gasteiger partial charge in [-0.05, 0) is 12.1 Å². The van der Waals surface area contributed by atoms with Crippen molar-refractivity contribution in [3.63, 3.8) is 0 Å². The summed E-state index contributed by atoms with van der Waals surface area (Å²) in [4.78, 5) is 12.6. The van der Waals surface area contributed by atoms with E-state index >= 15 is 0 Å². The quantitative estimate of drug-likeness (QED) is 0.841. The van der Waals surface area contributed by atoms with E-state index in [2.05, 4.69) is 5.32 Å². The Hall–Kier alpha value is -1.69. The van der Waals surface area contributed by atoms with E-state index in [1.807, 2.05) is 0 Å². The summed E-state index contributed by atoms with van der Waals surface area (Å²) in [7, 11) is 1.54. The van der Waals surface area contributed by atoms with E-state index in [1.165, 1.54) is 4.90 Å². The largest absolute Gasteiger partial charge is 0.378 e. The van der Waals surface area contributed by atoms with Gasteiger partial charge in [-0.1, -0.05) is 6.07 Å². The van der Waals surface area contributed by atoms with Crippen molar-refractivity contribution in [3.05, 3.63) is 23.8 Å². The van der Waals surface area contributed by atoms with Crippen molar-refractivity contribution in [1.82, 2.24) is 0 Å². The highest BCUT2D eigenvalue weighted by Gasteiger charge is 2.28. The summed E-state index contributed by atoms with van der Waals surface area (Å²) in [5, 5.41) is 12.0. The first-order valence-corrected chi connectivity index (χ1v) is 5.11. The molecule has 1 aromatic rings. The van der Waals surface area contributed by atoms with Crippen LogP contribution in [0.5, 0.6) is 0 Å². The van der Waals surface area contributed by atoms with E-state index in [4.69, 9.17) is 0 Å². The van der Waals surface area contributed by atoms with E-state index in [-0.39, 0.29) is 6.54 Å². The maximum Gasteiger partial charge on any atom is 0.257 e. The summed E-state index contributed by atoms with van der Waals surface area (Å²) in [6.07, 6.45) is -3.59. The van der Waals surface area contributed by atoms with Crippen molar-refractivity contribution in [2.75, 3.05) is 23.8 Å². The molecule has 0 aromatic heterocycles. The lowest BCUT2D eigenvalue weighted by Crippen LogP contribution is -2.23. The summed E-state index contributed by atoms with van der Waals surface area (Å²) in [5.41, 5.74) is 1.52. The Balaban J connectivity index is 2.24. The van der Waals surface area contributed by atoms with Gasteiger partial charge in [0, 0.05) is 24.0 Å². The number of rotatable bonds is 3. The van der Waals surface area contributed by atoms with Gasteiger partial charge in [0.15, 0.2) is 6.10 Å². The van der Waals surface area contributed by atoms with E-state index in [0.717, 1.165) is 0 Å². The Morgan fingerprint density at radius 3 is 2.88 bits per heavy atom. The molecule has 1 heterocycles. The number of aliphatic hydroxyl groups excluding tert-OH is 1. The Morgan fingerprint density at radius 2 is 2.24 bits per heavy atom. The maximum atomic E-state index is 12.2. The number of carbonyl (C=O) groups is 1. The van der Waals surface area contributed by atoms with Gasteiger partial charge < -0.3 is 15.3 Å². The van der Waals surface area contributed by atoms with Crippen molar-refractivity contribution in [2.24, 2.45) is 0 Å². The van der Waals surface area contributed by atoms with Gasteiger partial charge >= 0.3 is 0 Å². The van der Waals surface area contributed by atoms with Crippen LogP contribution in [-0.4, -0.2) is 31.0 Å². The molecule has 4 nitrogen and oxygen atoms in total. The lowest BCUT2D eigenvalue weighted by molar-refractivity contribution is -0.123. The molecule has 0 radical (unpaired) electrons. The molecule has 1 aromatic carbocycles. The molecule has 0 bridgehead atoms. The number of alkyl halides is 2. The van der Waals surface area contributed by atoms with Crippen LogP contribution >= 0.6 is 0 Å². The fraction of sp³-hybridized carbons (Fsp3) is 0.364. The third-order valence-corrected chi connectivity index (χ3v) is 2.69. The highest BCUT2D eigenvalue weighted by molar-refractivity contribution is 6.02. The van der Waals surface area contributed by atoms with Crippen LogP contribution in [0.15, 0.2) is 18.2 Å². The zero-order valence-corrected chi connectivity index (χ0v) is 9.15. The molecule has 6 heteroatoms. The number of carbonyl (C=O) groups excluding carboxylic acids is 1. The average molecular weight is 242 g/mol. The molecule has 2 rings (SSSR count).